The van der Waals surface area contributed by atoms with Gasteiger partial charge in [-0.05, 0) is 79.4 Å². The Labute approximate surface area is 223 Å². The van der Waals surface area contributed by atoms with Crippen molar-refractivity contribution in [2.75, 3.05) is 44.0 Å². The molecule has 3 aliphatic carbocycles. The Bertz CT molecular complexity index is 1410. The first-order valence-corrected chi connectivity index (χ1v) is 13.7. The van der Waals surface area contributed by atoms with Crippen LogP contribution in [0.3, 0.4) is 0 Å². The summed E-state index contributed by atoms with van der Waals surface area (Å²) in [6.45, 7) is -12.0. The molecule has 2 amide bonds. The molecule has 2 saturated heterocycles. The van der Waals surface area contributed by atoms with Crippen LogP contribution in [0.5, 0.6) is 0 Å². The van der Waals surface area contributed by atoms with Crippen molar-refractivity contribution < 1.29 is 20.6 Å². The molecule has 0 N–H and O–H groups in total. The van der Waals surface area contributed by atoms with Crippen molar-refractivity contribution in [1.29, 1.82) is 0 Å². The summed E-state index contributed by atoms with van der Waals surface area (Å²) in [6.07, 6.45) is 5.86. The van der Waals surface area contributed by atoms with Gasteiger partial charge in [0.25, 0.3) is 0 Å². The molecule has 7 heteroatoms. The van der Waals surface area contributed by atoms with Crippen molar-refractivity contribution in [2.24, 2.45) is 35.5 Å². The van der Waals surface area contributed by atoms with Crippen LogP contribution in [0.4, 0.5) is 5.82 Å². The predicted octanol–water partition coefficient (Wildman–Crippen LogP) is 4.26. The van der Waals surface area contributed by atoms with Crippen LogP contribution in [0, 0.1) is 35.5 Å². The number of carbonyl (C=O) groups is 2. The van der Waals surface area contributed by atoms with E-state index in [1.54, 1.807) is 24.3 Å². The lowest BCUT2D eigenvalue weighted by Crippen LogP contribution is -2.49. The van der Waals surface area contributed by atoms with Gasteiger partial charge in [0.15, 0.2) is 0 Å². The summed E-state index contributed by atoms with van der Waals surface area (Å²) >= 11 is 1.02. The lowest BCUT2D eigenvalue weighted by Gasteiger charge is -2.40. The van der Waals surface area contributed by atoms with E-state index < -0.39 is 26.0 Å². The second-order valence-electron chi connectivity index (χ2n) is 10.9. The molecule has 35 heavy (non-hydrogen) atoms. The minimum absolute atomic E-state index is 0.103. The third kappa shape index (κ3) is 3.72. The van der Waals surface area contributed by atoms with Crippen LogP contribution in [-0.2, 0) is 9.59 Å². The zero-order valence-electron chi connectivity index (χ0n) is 27.7. The number of likely N-dealkylation sites (tertiary alicyclic amines) is 1. The molecule has 5 fully saturated rings. The molecule has 1 aromatic heterocycles. The number of piperazine rings is 1. The fourth-order valence-corrected chi connectivity index (χ4v) is 8.15. The maximum Gasteiger partial charge on any atom is 0.233 e. The summed E-state index contributed by atoms with van der Waals surface area (Å²) < 4.78 is 76.7. The monoisotopic (exact) mass is 500 g/mol. The summed E-state index contributed by atoms with van der Waals surface area (Å²) in [5.41, 5.74) is 0. The lowest BCUT2D eigenvalue weighted by atomic mass is 9.78. The fraction of sp³-hybridized carbons (Fsp3) is 0.679. The average molecular weight is 501 g/mol. The van der Waals surface area contributed by atoms with Gasteiger partial charge in [0.2, 0.25) is 11.8 Å². The number of nitrogens with zero attached hydrogens (tertiary/aromatic N) is 4. The van der Waals surface area contributed by atoms with Gasteiger partial charge in [0, 0.05) is 49.9 Å². The first kappa shape index (κ1) is 15.3. The van der Waals surface area contributed by atoms with Crippen LogP contribution in [0.15, 0.2) is 24.3 Å². The van der Waals surface area contributed by atoms with Crippen LogP contribution in [0.1, 0.15) is 55.9 Å². The molecule has 3 saturated carbocycles. The van der Waals surface area contributed by atoms with E-state index in [9.17, 15) is 9.59 Å². The number of imide groups is 1. The molecule has 2 aliphatic heterocycles. The van der Waals surface area contributed by atoms with Crippen molar-refractivity contribution >= 4 is 39.3 Å². The first-order valence-electron chi connectivity index (χ1n) is 17.0. The number of hydrogen-bond donors (Lipinski definition) is 0. The zero-order valence-corrected chi connectivity index (χ0v) is 20.5. The van der Waals surface area contributed by atoms with Crippen LogP contribution in [-0.4, -0.2) is 65.1 Å². The molecule has 5 aliphatic rings. The molecule has 186 valence electrons. The van der Waals surface area contributed by atoms with Crippen LogP contribution >= 0.6 is 11.5 Å². The molecular formula is C28H36N4O2S. The topological polar surface area (TPSA) is 56.8 Å². The van der Waals surface area contributed by atoms with E-state index in [0.29, 0.717) is 27.8 Å². The van der Waals surface area contributed by atoms with Crippen molar-refractivity contribution in [3.05, 3.63) is 24.3 Å². The molecule has 6 nitrogen and oxygen atoms in total. The molecule has 0 spiro atoms. The Balaban J connectivity index is 1.18. The largest absolute Gasteiger partial charge is 0.353 e. The Morgan fingerprint density at radius 2 is 1.54 bits per heavy atom. The molecular weight excluding hydrogens is 456 g/mol. The molecule has 2 bridgehead atoms. The smallest absolute Gasteiger partial charge is 0.233 e. The third-order valence-electron chi connectivity index (χ3n) is 9.08. The van der Waals surface area contributed by atoms with E-state index in [0.717, 1.165) is 48.5 Å². The minimum Gasteiger partial charge on any atom is -0.353 e. The van der Waals surface area contributed by atoms with E-state index in [-0.39, 0.29) is 66.2 Å². The average Bonchev–Trinajstić information content (AvgIpc) is 3.72. The zero-order chi connectivity index (χ0) is 30.7. The summed E-state index contributed by atoms with van der Waals surface area (Å²) in [5.74, 6) is -0.817. The van der Waals surface area contributed by atoms with E-state index >= 15 is 0 Å². The van der Waals surface area contributed by atoms with Gasteiger partial charge in [0.05, 0.1) is 22.0 Å². The van der Waals surface area contributed by atoms with E-state index in [4.69, 9.17) is 11.0 Å². The van der Waals surface area contributed by atoms with Gasteiger partial charge in [-0.15, -0.1) is 0 Å². The highest BCUT2D eigenvalue weighted by Gasteiger charge is 2.61. The molecule has 0 unspecified atom stereocenters. The number of anilines is 1. The van der Waals surface area contributed by atoms with Gasteiger partial charge >= 0.3 is 0 Å². The number of fused-ring (bicyclic) bond motifs is 6. The van der Waals surface area contributed by atoms with E-state index in [2.05, 4.69) is 4.37 Å². The normalized spacial score (nSPS) is 44.6. The number of carbonyl (C=O) groups excluding carboxylic acids is 2. The van der Waals surface area contributed by atoms with Crippen LogP contribution in [0.2, 0.25) is 0 Å². The van der Waals surface area contributed by atoms with Crippen LogP contribution in [0.25, 0.3) is 10.1 Å². The summed E-state index contributed by atoms with van der Waals surface area (Å²) in [4.78, 5) is 29.6. The van der Waals surface area contributed by atoms with Gasteiger partial charge in [-0.3, -0.25) is 19.4 Å². The Morgan fingerprint density at radius 3 is 2.26 bits per heavy atom. The number of amides is 2. The van der Waals surface area contributed by atoms with Gasteiger partial charge in [0.1, 0.15) is 5.82 Å². The Kier molecular flexibility index (Phi) is 3.87. The highest BCUT2D eigenvalue weighted by molar-refractivity contribution is 7.13. The standard InChI is InChI=1S/C28H36N4O2S/c33-27-24-18-9-10-19(15-18)25(24)28(34)32(27)17-21-6-2-1-5-20(21)16-30-11-13-31(14-12-30)26-22-7-3-4-8-23(22)35-29-26/h3-4,7-8,18-21,24-25H,1-2,5-6,9-17H2/t18-,19-,20-,21-,24-,25+/m0/s1/i11D2,12D2,13D2,14D2. The van der Waals surface area contributed by atoms with Gasteiger partial charge < -0.3 is 4.90 Å². The number of aromatic nitrogens is 1. The van der Waals surface area contributed by atoms with Gasteiger partial charge in [-0.2, -0.15) is 4.37 Å². The number of hydrogen-bond acceptors (Lipinski definition) is 6. The summed E-state index contributed by atoms with van der Waals surface area (Å²) in [5, 5.41) is 0.422. The minimum atomic E-state index is -3.00. The Hall–Kier alpha value is -1.99. The third-order valence-corrected chi connectivity index (χ3v) is 9.90. The highest BCUT2D eigenvalue weighted by atomic mass is 32.1. The van der Waals surface area contributed by atoms with E-state index in [1.807, 2.05) is 0 Å². The van der Waals surface area contributed by atoms with E-state index in [1.165, 1.54) is 4.90 Å². The fourth-order valence-electron chi connectivity index (χ4n) is 7.39. The Morgan fingerprint density at radius 1 is 0.886 bits per heavy atom. The SMILES string of the molecule is [2H]C1([2H])N(C[C@@H]2CCCC[C@H]2CN2C(=O)[C@@H]3[C@H]4CC[C@@H](C4)[C@@H]3C2=O)C([2H])([2H])C([2H])([2H])N(c2nsc3ccccc23)C1([2H])[2H]. The van der Waals surface area contributed by atoms with Crippen molar-refractivity contribution in [3.8, 4) is 0 Å². The van der Waals surface area contributed by atoms with Gasteiger partial charge in [-0.1, -0.05) is 25.0 Å². The quantitative estimate of drug-likeness (QED) is 0.575. The second kappa shape index (κ2) is 8.84. The summed E-state index contributed by atoms with van der Waals surface area (Å²) in [7, 11) is 0. The highest BCUT2D eigenvalue weighted by Crippen LogP contribution is 2.56. The van der Waals surface area contributed by atoms with Gasteiger partial charge in [-0.25, -0.2) is 0 Å². The maximum absolute atomic E-state index is 13.4. The predicted molar refractivity (Wildman–Crippen MR) is 138 cm³/mol. The molecule has 7 rings (SSSR count). The lowest BCUT2D eigenvalue weighted by molar-refractivity contribution is -0.142. The van der Waals surface area contributed by atoms with Crippen molar-refractivity contribution in [3.63, 3.8) is 0 Å². The summed E-state index contributed by atoms with van der Waals surface area (Å²) in [6, 6.07) is 6.86. The number of benzene rings is 1. The van der Waals surface area contributed by atoms with Crippen molar-refractivity contribution in [1.82, 2.24) is 14.2 Å². The second-order valence-corrected chi connectivity index (χ2v) is 11.7. The first-order chi connectivity index (χ1) is 20.2. The number of rotatable bonds is 5. The molecule has 0 radical (unpaired) electrons. The molecule has 1 aromatic carbocycles. The van der Waals surface area contributed by atoms with Crippen molar-refractivity contribution in [2.45, 2.75) is 44.9 Å². The molecule has 2 aromatic rings. The molecule has 3 heterocycles. The maximum atomic E-state index is 13.4. The van der Waals surface area contributed by atoms with Crippen LogP contribution < -0.4 is 4.90 Å². The molecule has 6 atom stereocenters.